The van der Waals surface area contributed by atoms with Gasteiger partial charge in [0.2, 0.25) is 0 Å². The van der Waals surface area contributed by atoms with Gasteiger partial charge in [-0.1, -0.05) is 62.6 Å². The predicted octanol–water partition coefficient (Wildman–Crippen LogP) is 6.49. The second-order valence-electron chi connectivity index (χ2n) is 9.44. The van der Waals surface area contributed by atoms with E-state index in [0.717, 1.165) is 24.9 Å². The Hall–Kier alpha value is -1.39. The van der Waals surface area contributed by atoms with Gasteiger partial charge in [0, 0.05) is 17.8 Å². The molecule has 4 nitrogen and oxygen atoms in total. The zero-order valence-corrected chi connectivity index (χ0v) is 19.8. The Bertz CT molecular complexity index is 643. The van der Waals surface area contributed by atoms with Crippen molar-refractivity contribution in [2.24, 2.45) is 5.10 Å². The van der Waals surface area contributed by atoms with E-state index in [-0.39, 0.29) is 12.1 Å². The molecule has 1 fully saturated rings. The molecule has 0 aliphatic carbocycles. The largest absolute Gasteiger partial charge is 0.392 e. The summed E-state index contributed by atoms with van der Waals surface area (Å²) in [6.45, 7) is 8.47. The van der Waals surface area contributed by atoms with Gasteiger partial charge in [-0.25, -0.2) is 0 Å². The topological polar surface area (TPSA) is 56.6 Å². The fourth-order valence-corrected chi connectivity index (χ4v) is 4.40. The first-order valence-corrected chi connectivity index (χ1v) is 12.3. The lowest BCUT2D eigenvalue weighted by Crippen LogP contribution is -2.48. The van der Waals surface area contributed by atoms with Crippen LogP contribution in [0.1, 0.15) is 102 Å². The number of unbranched alkanes of at least 4 members (excludes halogenated alkanes) is 7. The van der Waals surface area contributed by atoms with Crippen LogP contribution in [0, 0.1) is 13.8 Å². The lowest BCUT2D eigenvalue weighted by Gasteiger charge is -2.32. The van der Waals surface area contributed by atoms with E-state index < -0.39 is 0 Å². The fraction of sp³-hybridized carbons (Fsp3) is 0.731. The van der Waals surface area contributed by atoms with Gasteiger partial charge in [-0.15, -0.1) is 0 Å². The minimum atomic E-state index is -0.148. The molecule has 30 heavy (non-hydrogen) atoms. The van der Waals surface area contributed by atoms with Crippen molar-refractivity contribution in [3.63, 3.8) is 0 Å². The molecule has 3 atom stereocenters. The summed E-state index contributed by atoms with van der Waals surface area (Å²) in [4.78, 5) is 0. The number of piperidine rings is 1. The van der Waals surface area contributed by atoms with Gasteiger partial charge in [0.05, 0.1) is 11.8 Å². The molecule has 1 aromatic carbocycles. The molecule has 170 valence electrons. The van der Waals surface area contributed by atoms with Gasteiger partial charge < -0.3 is 10.4 Å². The maximum absolute atomic E-state index is 9.78. The molecule has 0 radical (unpaired) electrons. The number of hydrazone groups is 1. The van der Waals surface area contributed by atoms with Crippen molar-refractivity contribution in [1.82, 2.24) is 5.32 Å². The third-order valence-electron chi connectivity index (χ3n) is 6.48. The van der Waals surface area contributed by atoms with E-state index in [1.165, 1.54) is 74.6 Å². The average Bonchev–Trinajstić information content (AvgIpc) is 2.71. The summed E-state index contributed by atoms with van der Waals surface area (Å²) in [6, 6.07) is 7.31. The monoisotopic (exact) mass is 415 g/mol. The number of rotatable bonds is 13. The standard InChI is InChI=1S/C26H45N3O/c1-20-15-17-25(21(2)19-20)29-28-22(3)13-11-9-7-5-6-8-10-12-14-24-16-18-26(30)23(4)27-24/h15,17,19,23-24,26-27,29-30H,5-14,16,18H2,1-4H3/b28-22-/t23-,24+,26-/m1/s1. The molecule has 0 unspecified atom stereocenters. The summed E-state index contributed by atoms with van der Waals surface area (Å²) >= 11 is 0. The van der Waals surface area contributed by atoms with Crippen LogP contribution in [-0.4, -0.2) is 29.0 Å². The van der Waals surface area contributed by atoms with Crippen molar-refractivity contribution in [3.05, 3.63) is 29.3 Å². The van der Waals surface area contributed by atoms with Crippen molar-refractivity contribution in [2.75, 3.05) is 5.43 Å². The maximum Gasteiger partial charge on any atom is 0.0691 e. The predicted molar refractivity (Wildman–Crippen MR) is 130 cm³/mol. The van der Waals surface area contributed by atoms with Crippen molar-refractivity contribution in [2.45, 2.75) is 123 Å². The molecule has 1 aromatic rings. The first-order chi connectivity index (χ1) is 14.5. The molecule has 0 bridgehead atoms. The average molecular weight is 416 g/mol. The van der Waals surface area contributed by atoms with Crippen molar-refractivity contribution >= 4 is 11.4 Å². The molecule has 1 aliphatic heterocycles. The number of aliphatic hydroxyl groups is 1. The lowest BCUT2D eigenvalue weighted by atomic mass is 9.93. The normalized spacial score (nSPS) is 22.3. The van der Waals surface area contributed by atoms with E-state index >= 15 is 0 Å². The second kappa shape index (κ2) is 13.8. The Morgan fingerprint density at radius 1 is 1.03 bits per heavy atom. The maximum atomic E-state index is 9.78. The van der Waals surface area contributed by atoms with Gasteiger partial charge in [0.25, 0.3) is 0 Å². The number of hydrogen-bond donors (Lipinski definition) is 3. The van der Waals surface area contributed by atoms with Crippen LogP contribution in [0.5, 0.6) is 0 Å². The van der Waals surface area contributed by atoms with Crippen LogP contribution in [0.3, 0.4) is 0 Å². The number of aryl methyl sites for hydroxylation is 2. The quantitative estimate of drug-likeness (QED) is 0.196. The number of benzene rings is 1. The van der Waals surface area contributed by atoms with Gasteiger partial charge >= 0.3 is 0 Å². The Morgan fingerprint density at radius 3 is 2.37 bits per heavy atom. The highest BCUT2D eigenvalue weighted by molar-refractivity contribution is 5.82. The van der Waals surface area contributed by atoms with Crippen LogP contribution < -0.4 is 10.7 Å². The third-order valence-corrected chi connectivity index (χ3v) is 6.48. The molecule has 1 aliphatic rings. The molecule has 4 heteroatoms. The van der Waals surface area contributed by atoms with Crippen molar-refractivity contribution in [1.29, 1.82) is 0 Å². The van der Waals surface area contributed by atoms with Crippen LogP contribution >= 0.6 is 0 Å². The number of nitrogens with one attached hydrogen (secondary N) is 2. The summed E-state index contributed by atoms with van der Waals surface area (Å²) in [7, 11) is 0. The molecule has 1 saturated heterocycles. The molecule has 0 aromatic heterocycles. The minimum absolute atomic E-state index is 0.148. The molecule has 3 N–H and O–H groups in total. The fourth-order valence-electron chi connectivity index (χ4n) is 4.40. The van der Waals surface area contributed by atoms with E-state index in [0.29, 0.717) is 6.04 Å². The number of hydrogen-bond acceptors (Lipinski definition) is 4. The van der Waals surface area contributed by atoms with Crippen LogP contribution in [0.25, 0.3) is 0 Å². The molecule has 0 spiro atoms. The second-order valence-corrected chi connectivity index (χ2v) is 9.44. The van der Waals surface area contributed by atoms with E-state index in [4.69, 9.17) is 0 Å². The van der Waals surface area contributed by atoms with Gasteiger partial charge in [-0.05, 0) is 71.4 Å². The summed E-state index contributed by atoms with van der Waals surface area (Å²) in [5.74, 6) is 0. The highest BCUT2D eigenvalue weighted by Gasteiger charge is 2.24. The van der Waals surface area contributed by atoms with Crippen molar-refractivity contribution < 1.29 is 5.11 Å². The molecule has 1 heterocycles. The SMILES string of the molecule is C/C(CCCCCCCCCC[C@H]1CC[C@@H](O)[C@@H](C)N1)=N/Nc1ccc(C)cc1C. The highest BCUT2D eigenvalue weighted by atomic mass is 16.3. The van der Waals surface area contributed by atoms with Gasteiger partial charge in [0.15, 0.2) is 0 Å². The summed E-state index contributed by atoms with van der Waals surface area (Å²) in [6.07, 6.45) is 15.0. The van der Waals surface area contributed by atoms with Crippen molar-refractivity contribution in [3.8, 4) is 0 Å². The Morgan fingerprint density at radius 2 is 1.70 bits per heavy atom. The minimum Gasteiger partial charge on any atom is -0.392 e. The van der Waals surface area contributed by atoms with Gasteiger partial charge in [0.1, 0.15) is 0 Å². The van der Waals surface area contributed by atoms with Crippen LogP contribution in [0.15, 0.2) is 23.3 Å². The van der Waals surface area contributed by atoms with Crippen LogP contribution in [0.4, 0.5) is 5.69 Å². The molecular formula is C26H45N3O. The van der Waals surface area contributed by atoms with E-state index in [1.807, 2.05) is 0 Å². The molecule has 2 rings (SSSR count). The highest BCUT2D eigenvalue weighted by Crippen LogP contribution is 2.19. The summed E-state index contributed by atoms with van der Waals surface area (Å²) in [5, 5.41) is 17.9. The number of nitrogens with zero attached hydrogens (tertiary/aromatic N) is 1. The Kier molecular flexibility index (Phi) is 11.5. The number of aliphatic hydroxyl groups excluding tert-OH is 1. The lowest BCUT2D eigenvalue weighted by molar-refractivity contribution is 0.0849. The van der Waals surface area contributed by atoms with Gasteiger partial charge in [-0.2, -0.15) is 5.10 Å². The number of anilines is 1. The van der Waals surface area contributed by atoms with Crippen LogP contribution in [-0.2, 0) is 0 Å². The Labute approximate surface area is 184 Å². The smallest absolute Gasteiger partial charge is 0.0691 e. The van der Waals surface area contributed by atoms with Gasteiger partial charge in [-0.3, -0.25) is 5.43 Å². The van der Waals surface area contributed by atoms with E-state index in [9.17, 15) is 5.11 Å². The Balaban J connectivity index is 1.42. The zero-order chi connectivity index (χ0) is 21.8. The van der Waals surface area contributed by atoms with E-state index in [1.54, 1.807) is 0 Å². The summed E-state index contributed by atoms with van der Waals surface area (Å²) in [5.41, 5.74) is 8.04. The van der Waals surface area contributed by atoms with Crippen LogP contribution in [0.2, 0.25) is 0 Å². The summed E-state index contributed by atoms with van der Waals surface area (Å²) < 4.78 is 0. The molecule has 0 saturated carbocycles. The van der Waals surface area contributed by atoms with E-state index in [2.05, 4.69) is 61.7 Å². The first kappa shape index (κ1) is 24.9. The first-order valence-electron chi connectivity index (χ1n) is 12.3. The zero-order valence-electron chi connectivity index (χ0n) is 19.8. The third kappa shape index (κ3) is 9.61. The molecular weight excluding hydrogens is 370 g/mol. The molecule has 0 amide bonds.